The summed E-state index contributed by atoms with van der Waals surface area (Å²) in [7, 11) is 0. The van der Waals surface area contributed by atoms with Crippen LogP contribution in [0, 0.1) is 6.92 Å². The third-order valence-electron chi connectivity index (χ3n) is 1.60. The van der Waals surface area contributed by atoms with Crippen LogP contribution in [0.2, 0.25) is 0 Å². The van der Waals surface area contributed by atoms with Gasteiger partial charge in [0.2, 0.25) is 5.91 Å². The van der Waals surface area contributed by atoms with Gasteiger partial charge in [-0.05, 0) is 18.6 Å². The Bertz CT molecular complexity index is 313. The van der Waals surface area contributed by atoms with E-state index < -0.39 is 0 Å². The maximum atomic E-state index is 10.5. The van der Waals surface area contributed by atoms with E-state index in [0.717, 1.165) is 11.4 Å². The van der Waals surface area contributed by atoms with Gasteiger partial charge in [0.1, 0.15) is 5.82 Å². The van der Waals surface area contributed by atoms with Gasteiger partial charge in [-0.3, -0.25) is 4.79 Å². The predicted octanol–water partition coefficient (Wildman–Crippen LogP) is 0.333. The summed E-state index contributed by atoms with van der Waals surface area (Å²) < 4.78 is 0. The highest BCUT2D eigenvalue weighted by atomic mass is 16.1. The lowest BCUT2D eigenvalue weighted by molar-refractivity contribution is -0.118. The highest BCUT2D eigenvalue weighted by Gasteiger charge is 1.94. The molecular formula is C9H14N4O. The van der Waals surface area contributed by atoms with Gasteiger partial charge in [0.25, 0.3) is 0 Å². The van der Waals surface area contributed by atoms with Crippen LogP contribution in [0.15, 0.2) is 12.3 Å². The normalized spacial score (nSPS) is 9.57. The van der Waals surface area contributed by atoms with E-state index in [2.05, 4.69) is 20.8 Å². The monoisotopic (exact) mass is 194 g/mol. The second-order valence-corrected chi connectivity index (χ2v) is 3.03. The van der Waals surface area contributed by atoms with Gasteiger partial charge in [-0.15, -0.1) is 5.10 Å². The number of carbonyl (C=O) groups excluding carboxylic acids is 1. The van der Waals surface area contributed by atoms with Crippen molar-refractivity contribution in [2.75, 3.05) is 18.4 Å². The number of anilines is 1. The maximum absolute atomic E-state index is 10.5. The number of amides is 1. The molecule has 0 unspecified atom stereocenters. The SMILES string of the molecule is CC(=O)NCCNc1cc(C)cnn1. The molecule has 0 bridgehead atoms. The highest BCUT2D eigenvalue weighted by Crippen LogP contribution is 2.01. The number of hydrogen-bond donors (Lipinski definition) is 2. The topological polar surface area (TPSA) is 66.9 Å². The van der Waals surface area contributed by atoms with Crippen molar-refractivity contribution >= 4 is 11.7 Å². The molecule has 1 aromatic rings. The minimum Gasteiger partial charge on any atom is -0.367 e. The van der Waals surface area contributed by atoms with Crippen LogP contribution in [-0.2, 0) is 4.79 Å². The zero-order chi connectivity index (χ0) is 10.4. The number of nitrogens with zero attached hydrogens (tertiary/aromatic N) is 2. The predicted molar refractivity (Wildman–Crippen MR) is 53.9 cm³/mol. The quantitative estimate of drug-likeness (QED) is 0.678. The van der Waals surface area contributed by atoms with Gasteiger partial charge in [-0.25, -0.2) is 0 Å². The Morgan fingerprint density at radius 2 is 2.29 bits per heavy atom. The molecule has 0 aromatic carbocycles. The molecular weight excluding hydrogens is 180 g/mol. The summed E-state index contributed by atoms with van der Waals surface area (Å²) in [6.07, 6.45) is 1.69. The average molecular weight is 194 g/mol. The Morgan fingerprint density at radius 3 is 2.93 bits per heavy atom. The van der Waals surface area contributed by atoms with E-state index in [1.165, 1.54) is 6.92 Å². The molecule has 0 saturated heterocycles. The van der Waals surface area contributed by atoms with Gasteiger partial charge >= 0.3 is 0 Å². The summed E-state index contributed by atoms with van der Waals surface area (Å²) in [5, 5.41) is 13.4. The third-order valence-corrected chi connectivity index (χ3v) is 1.60. The number of hydrogen-bond acceptors (Lipinski definition) is 4. The first-order valence-electron chi connectivity index (χ1n) is 4.46. The summed E-state index contributed by atoms with van der Waals surface area (Å²) in [4.78, 5) is 10.5. The zero-order valence-electron chi connectivity index (χ0n) is 8.37. The molecule has 5 nitrogen and oxygen atoms in total. The van der Waals surface area contributed by atoms with Crippen LogP contribution in [0.25, 0.3) is 0 Å². The van der Waals surface area contributed by atoms with Gasteiger partial charge in [-0.2, -0.15) is 5.10 Å². The van der Waals surface area contributed by atoms with Crippen LogP contribution in [0.5, 0.6) is 0 Å². The first-order valence-corrected chi connectivity index (χ1v) is 4.46. The summed E-state index contributed by atoms with van der Waals surface area (Å²) in [6, 6.07) is 1.90. The van der Waals surface area contributed by atoms with Crippen LogP contribution >= 0.6 is 0 Å². The van der Waals surface area contributed by atoms with E-state index in [0.29, 0.717) is 13.1 Å². The van der Waals surface area contributed by atoms with E-state index >= 15 is 0 Å². The number of carbonyl (C=O) groups is 1. The summed E-state index contributed by atoms with van der Waals surface area (Å²) in [6.45, 7) is 4.68. The standard InChI is InChI=1S/C9H14N4O/c1-7-5-9(13-12-6-7)11-4-3-10-8(2)14/h5-6H,3-4H2,1-2H3,(H,10,14)(H,11,13). The van der Waals surface area contributed by atoms with Crippen LogP contribution in [-0.4, -0.2) is 29.2 Å². The number of aryl methyl sites for hydroxylation is 1. The fourth-order valence-corrected chi connectivity index (χ4v) is 0.979. The molecule has 0 aliphatic carbocycles. The van der Waals surface area contributed by atoms with Crippen molar-refractivity contribution in [3.63, 3.8) is 0 Å². The van der Waals surface area contributed by atoms with Crippen molar-refractivity contribution < 1.29 is 4.79 Å². The molecule has 0 saturated carbocycles. The molecule has 1 amide bonds. The van der Waals surface area contributed by atoms with Gasteiger partial charge in [0, 0.05) is 20.0 Å². The zero-order valence-corrected chi connectivity index (χ0v) is 8.37. The third kappa shape index (κ3) is 3.84. The van der Waals surface area contributed by atoms with Gasteiger partial charge in [0.05, 0.1) is 6.20 Å². The van der Waals surface area contributed by atoms with Crippen LogP contribution in [0.3, 0.4) is 0 Å². The Morgan fingerprint density at radius 1 is 1.50 bits per heavy atom. The van der Waals surface area contributed by atoms with E-state index in [9.17, 15) is 4.79 Å². The Balaban J connectivity index is 2.28. The summed E-state index contributed by atoms with van der Waals surface area (Å²) in [5.74, 6) is 0.706. The lowest BCUT2D eigenvalue weighted by atomic mass is 10.3. The maximum Gasteiger partial charge on any atom is 0.216 e. The molecule has 76 valence electrons. The number of rotatable bonds is 4. The Kier molecular flexibility index (Phi) is 3.84. The molecule has 0 aliphatic heterocycles. The van der Waals surface area contributed by atoms with Crippen molar-refractivity contribution in [2.24, 2.45) is 0 Å². The Hall–Kier alpha value is -1.65. The highest BCUT2D eigenvalue weighted by molar-refractivity contribution is 5.72. The second-order valence-electron chi connectivity index (χ2n) is 3.03. The Labute approximate surface area is 82.9 Å². The van der Waals surface area contributed by atoms with E-state index in [1.54, 1.807) is 6.20 Å². The van der Waals surface area contributed by atoms with Gasteiger partial charge < -0.3 is 10.6 Å². The van der Waals surface area contributed by atoms with Crippen molar-refractivity contribution in [2.45, 2.75) is 13.8 Å². The molecule has 1 rings (SSSR count). The molecule has 0 radical (unpaired) electrons. The fourth-order valence-electron chi connectivity index (χ4n) is 0.979. The summed E-state index contributed by atoms with van der Waals surface area (Å²) >= 11 is 0. The van der Waals surface area contributed by atoms with Crippen LogP contribution in [0.4, 0.5) is 5.82 Å². The molecule has 0 spiro atoms. The molecule has 1 heterocycles. The first kappa shape index (κ1) is 10.4. The molecule has 14 heavy (non-hydrogen) atoms. The van der Waals surface area contributed by atoms with Crippen LogP contribution < -0.4 is 10.6 Å². The van der Waals surface area contributed by atoms with E-state index in [-0.39, 0.29) is 5.91 Å². The fraction of sp³-hybridized carbons (Fsp3) is 0.444. The van der Waals surface area contributed by atoms with Crippen molar-refractivity contribution in [3.05, 3.63) is 17.8 Å². The van der Waals surface area contributed by atoms with Crippen molar-refractivity contribution in [1.29, 1.82) is 0 Å². The minimum atomic E-state index is -0.0258. The van der Waals surface area contributed by atoms with Crippen molar-refractivity contribution in [3.8, 4) is 0 Å². The molecule has 0 aliphatic rings. The first-order chi connectivity index (χ1) is 6.68. The number of nitrogens with one attached hydrogen (secondary N) is 2. The lowest BCUT2D eigenvalue weighted by Crippen LogP contribution is -2.26. The minimum absolute atomic E-state index is 0.0258. The average Bonchev–Trinajstić information content (AvgIpc) is 2.12. The molecule has 0 fully saturated rings. The second kappa shape index (κ2) is 5.16. The van der Waals surface area contributed by atoms with E-state index in [4.69, 9.17) is 0 Å². The summed E-state index contributed by atoms with van der Waals surface area (Å²) in [5.41, 5.74) is 1.06. The molecule has 0 atom stereocenters. The van der Waals surface area contributed by atoms with Gasteiger partial charge in [0.15, 0.2) is 0 Å². The molecule has 1 aromatic heterocycles. The van der Waals surface area contributed by atoms with Crippen LogP contribution in [0.1, 0.15) is 12.5 Å². The lowest BCUT2D eigenvalue weighted by Gasteiger charge is -2.05. The van der Waals surface area contributed by atoms with E-state index in [1.807, 2.05) is 13.0 Å². The number of aromatic nitrogens is 2. The molecule has 5 heteroatoms. The smallest absolute Gasteiger partial charge is 0.216 e. The van der Waals surface area contributed by atoms with Gasteiger partial charge in [-0.1, -0.05) is 0 Å². The largest absolute Gasteiger partial charge is 0.367 e. The molecule has 2 N–H and O–H groups in total. The van der Waals surface area contributed by atoms with Crippen molar-refractivity contribution in [1.82, 2.24) is 15.5 Å².